The van der Waals surface area contributed by atoms with Gasteiger partial charge in [0.25, 0.3) is 11.5 Å². The number of carbonyl (C=O) groups excluding carboxylic acids is 1. The molecule has 3 N–H and O–H groups in total. The van der Waals surface area contributed by atoms with Crippen LogP contribution in [0, 0.1) is 0 Å². The molecule has 2 rings (SSSR count). The SMILES string of the molecule is O=C(NCc1cc(=O)[nH][nH]1)c1cnccn1. The molecule has 0 aliphatic carbocycles. The molecule has 0 saturated carbocycles. The zero-order valence-electron chi connectivity index (χ0n) is 8.23. The van der Waals surface area contributed by atoms with Gasteiger partial charge in [-0.3, -0.25) is 19.7 Å². The van der Waals surface area contributed by atoms with E-state index in [1.54, 1.807) is 0 Å². The van der Waals surface area contributed by atoms with E-state index in [1.165, 1.54) is 24.7 Å². The third kappa shape index (κ3) is 2.32. The number of hydrogen-bond acceptors (Lipinski definition) is 4. The summed E-state index contributed by atoms with van der Waals surface area (Å²) in [6, 6.07) is 1.37. The molecule has 2 aromatic heterocycles. The van der Waals surface area contributed by atoms with Gasteiger partial charge in [-0.2, -0.15) is 0 Å². The molecule has 0 aliphatic heterocycles. The Morgan fingerprint density at radius 2 is 2.25 bits per heavy atom. The van der Waals surface area contributed by atoms with Gasteiger partial charge in [0.2, 0.25) is 0 Å². The smallest absolute Gasteiger partial charge is 0.271 e. The van der Waals surface area contributed by atoms with Crippen molar-refractivity contribution >= 4 is 5.91 Å². The molecule has 0 radical (unpaired) electrons. The summed E-state index contributed by atoms with van der Waals surface area (Å²) in [7, 11) is 0. The molecule has 1 amide bonds. The Morgan fingerprint density at radius 1 is 1.38 bits per heavy atom. The van der Waals surface area contributed by atoms with E-state index >= 15 is 0 Å². The van der Waals surface area contributed by atoms with Crippen LogP contribution in [0.2, 0.25) is 0 Å². The molecule has 0 bridgehead atoms. The number of carbonyl (C=O) groups is 1. The minimum atomic E-state index is -0.338. The molecular weight excluding hydrogens is 210 g/mol. The third-order valence-corrected chi connectivity index (χ3v) is 1.89. The summed E-state index contributed by atoms with van der Waals surface area (Å²) < 4.78 is 0. The molecule has 7 heteroatoms. The second-order valence-corrected chi connectivity index (χ2v) is 3.06. The quantitative estimate of drug-likeness (QED) is 0.642. The molecule has 0 spiro atoms. The van der Waals surface area contributed by atoms with Gasteiger partial charge < -0.3 is 10.4 Å². The van der Waals surface area contributed by atoms with Crippen LogP contribution < -0.4 is 10.9 Å². The molecule has 7 nitrogen and oxygen atoms in total. The van der Waals surface area contributed by atoms with Gasteiger partial charge in [0.1, 0.15) is 5.69 Å². The highest BCUT2D eigenvalue weighted by atomic mass is 16.2. The summed E-state index contributed by atoms with van der Waals surface area (Å²) in [4.78, 5) is 29.9. The Labute approximate surface area is 89.9 Å². The molecule has 0 aliphatic rings. The minimum Gasteiger partial charge on any atom is -0.345 e. The number of aromatic amines is 2. The van der Waals surface area contributed by atoms with Gasteiger partial charge in [-0.25, -0.2) is 4.98 Å². The number of aromatic nitrogens is 4. The molecule has 2 aromatic rings. The second kappa shape index (κ2) is 4.39. The van der Waals surface area contributed by atoms with E-state index < -0.39 is 0 Å². The zero-order valence-corrected chi connectivity index (χ0v) is 8.23. The standard InChI is InChI=1S/C9H9N5O2/c15-8-3-6(13-14-8)4-12-9(16)7-5-10-1-2-11-7/h1-3,5H,4H2,(H,12,16)(H2,13,14,15). The van der Waals surface area contributed by atoms with Crippen LogP contribution in [0.1, 0.15) is 16.2 Å². The Bertz CT molecular complexity index is 530. The van der Waals surface area contributed by atoms with Crippen molar-refractivity contribution in [1.29, 1.82) is 0 Å². The highest BCUT2D eigenvalue weighted by Crippen LogP contribution is 1.92. The van der Waals surface area contributed by atoms with Gasteiger partial charge in [0.05, 0.1) is 18.4 Å². The van der Waals surface area contributed by atoms with E-state index in [4.69, 9.17) is 0 Å². The van der Waals surface area contributed by atoms with Crippen molar-refractivity contribution in [2.45, 2.75) is 6.54 Å². The summed E-state index contributed by atoms with van der Waals surface area (Å²) in [5, 5.41) is 7.59. The van der Waals surface area contributed by atoms with Crippen LogP contribution in [0.15, 0.2) is 29.5 Å². The van der Waals surface area contributed by atoms with Crippen molar-refractivity contribution in [3.8, 4) is 0 Å². The van der Waals surface area contributed by atoms with Gasteiger partial charge in [0, 0.05) is 18.5 Å². The molecule has 0 atom stereocenters. The number of amides is 1. The van der Waals surface area contributed by atoms with Crippen molar-refractivity contribution < 1.29 is 4.79 Å². The lowest BCUT2D eigenvalue weighted by Gasteiger charge is -2.01. The monoisotopic (exact) mass is 219 g/mol. The first-order chi connectivity index (χ1) is 7.75. The highest BCUT2D eigenvalue weighted by Gasteiger charge is 2.06. The van der Waals surface area contributed by atoms with Crippen molar-refractivity contribution in [2.24, 2.45) is 0 Å². The predicted octanol–water partition coefficient (Wildman–Crippen LogP) is -0.577. The maximum absolute atomic E-state index is 11.5. The molecule has 2 heterocycles. The van der Waals surface area contributed by atoms with E-state index in [-0.39, 0.29) is 23.7 Å². The van der Waals surface area contributed by atoms with Crippen molar-refractivity contribution in [1.82, 2.24) is 25.5 Å². The molecular formula is C9H9N5O2. The first-order valence-corrected chi connectivity index (χ1v) is 4.56. The van der Waals surface area contributed by atoms with E-state index in [9.17, 15) is 9.59 Å². The summed E-state index contributed by atoms with van der Waals surface area (Å²) in [6.07, 6.45) is 4.29. The van der Waals surface area contributed by atoms with Crippen molar-refractivity contribution in [3.63, 3.8) is 0 Å². The molecule has 82 valence electrons. The largest absolute Gasteiger partial charge is 0.345 e. The first kappa shape index (κ1) is 10.1. The van der Waals surface area contributed by atoms with Gasteiger partial charge in [-0.05, 0) is 0 Å². The zero-order chi connectivity index (χ0) is 11.4. The van der Waals surface area contributed by atoms with E-state index in [0.29, 0.717) is 5.69 Å². The number of H-pyrrole nitrogens is 2. The van der Waals surface area contributed by atoms with Crippen LogP contribution in [0.3, 0.4) is 0 Å². The Balaban J connectivity index is 1.96. The highest BCUT2D eigenvalue weighted by molar-refractivity contribution is 5.91. The summed E-state index contributed by atoms with van der Waals surface area (Å²) in [5.41, 5.74) is 0.603. The summed E-state index contributed by atoms with van der Waals surface area (Å²) in [6.45, 7) is 0.230. The lowest BCUT2D eigenvalue weighted by atomic mass is 10.4. The molecule has 0 unspecified atom stereocenters. The van der Waals surface area contributed by atoms with Crippen LogP contribution >= 0.6 is 0 Å². The number of nitrogens with zero attached hydrogens (tertiary/aromatic N) is 2. The second-order valence-electron chi connectivity index (χ2n) is 3.06. The third-order valence-electron chi connectivity index (χ3n) is 1.89. The van der Waals surface area contributed by atoms with Crippen LogP contribution in [0.4, 0.5) is 0 Å². The topological polar surface area (TPSA) is 104 Å². The predicted molar refractivity (Wildman–Crippen MR) is 54.6 cm³/mol. The number of hydrogen-bond donors (Lipinski definition) is 3. The van der Waals surface area contributed by atoms with Gasteiger partial charge in [0.15, 0.2) is 0 Å². The number of nitrogens with one attached hydrogen (secondary N) is 3. The van der Waals surface area contributed by atoms with Crippen LogP contribution in [-0.2, 0) is 6.54 Å². The number of rotatable bonds is 3. The average molecular weight is 219 g/mol. The van der Waals surface area contributed by atoms with Crippen LogP contribution in [0.25, 0.3) is 0 Å². The lowest BCUT2D eigenvalue weighted by molar-refractivity contribution is 0.0945. The van der Waals surface area contributed by atoms with Gasteiger partial charge in [-0.1, -0.05) is 0 Å². The maximum Gasteiger partial charge on any atom is 0.271 e. The summed E-state index contributed by atoms with van der Waals surface area (Å²) >= 11 is 0. The molecule has 0 fully saturated rings. The van der Waals surface area contributed by atoms with Crippen molar-refractivity contribution in [2.75, 3.05) is 0 Å². The van der Waals surface area contributed by atoms with Gasteiger partial charge in [-0.15, -0.1) is 0 Å². The Hall–Kier alpha value is -2.44. The van der Waals surface area contributed by atoms with Crippen LogP contribution in [-0.4, -0.2) is 26.1 Å². The Morgan fingerprint density at radius 3 is 2.88 bits per heavy atom. The van der Waals surface area contributed by atoms with E-state index in [2.05, 4.69) is 25.5 Å². The maximum atomic E-state index is 11.5. The normalized spacial score (nSPS) is 10.0. The fourth-order valence-corrected chi connectivity index (χ4v) is 1.15. The summed E-state index contributed by atoms with van der Waals surface area (Å²) in [5.74, 6) is -0.338. The fourth-order valence-electron chi connectivity index (χ4n) is 1.15. The average Bonchev–Trinajstić information content (AvgIpc) is 2.73. The van der Waals surface area contributed by atoms with Gasteiger partial charge >= 0.3 is 0 Å². The van der Waals surface area contributed by atoms with Crippen LogP contribution in [0.5, 0.6) is 0 Å². The fraction of sp³-hybridized carbons (Fsp3) is 0.111. The van der Waals surface area contributed by atoms with E-state index in [1.807, 2.05) is 0 Å². The minimum absolute atomic E-state index is 0.230. The first-order valence-electron chi connectivity index (χ1n) is 4.56. The molecule has 0 saturated heterocycles. The Kier molecular flexibility index (Phi) is 2.77. The van der Waals surface area contributed by atoms with E-state index in [0.717, 1.165) is 0 Å². The molecule has 16 heavy (non-hydrogen) atoms. The lowest BCUT2D eigenvalue weighted by Crippen LogP contribution is -2.24. The van der Waals surface area contributed by atoms with Crippen molar-refractivity contribution in [3.05, 3.63) is 46.4 Å². The molecule has 0 aromatic carbocycles.